The van der Waals surface area contributed by atoms with Gasteiger partial charge in [-0.15, -0.1) is 0 Å². The summed E-state index contributed by atoms with van der Waals surface area (Å²) in [6.45, 7) is 1.91. The van der Waals surface area contributed by atoms with E-state index in [1.54, 1.807) is 18.5 Å². The average molecular weight is 460 g/mol. The molecule has 33 heavy (non-hydrogen) atoms. The molecular weight excluding hydrogens is 434 g/mol. The Morgan fingerprint density at radius 3 is 2.48 bits per heavy atom. The summed E-state index contributed by atoms with van der Waals surface area (Å²) < 4.78 is 11.7. The van der Waals surface area contributed by atoms with Crippen LogP contribution >= 0.6 is 11.8 Å². The molecule has 3 heterocycles. The van der Waals surface area contributed by atoms with Crippen LogP contribution in [-0.4, -0.2) is 35.6 Å². The van der Waals surface area contributed by atoms with Gasteiger partial charge in [-0.05, 0) is 30.5 Å². The lowest BCUT2D eigenvalue weighted by Gasteiger charge is -2.37. The minimum absolute atomic E-state index is 0.145. The van der Waals surface area contributed by atoms with E-state index in [0.717, 1.165) is 23.8 Å². The van der Waals surface area contributed by atoms with Crippen molar-refractivity contribution in [3.63, 3.8) is 0 Å². The van der Waals surface area contributed by atoms with E-state index >= 15 is 0 Å². The quantitative estimate of drug-likeness (QED) is 0.310. The summed E-state index contributed by atoms with van der Waals surface area (Å²) in [5.74, 6) is 0.703. The molecule has 0 aliphatic carbocycles. The second-order valence-electron chi connectivity index (χ2n) is 8.17. The van der Waals surface area contributed by atoms with Crippen LogP contribution in [-0.2, 0) is 15.9 Å². The highest BCUT2D eigenvalue weighted by molar-refractivity contribution is 7.98. The molecule has 2 aromatic heterocycles. The molecule has 0 spiro atoms. The number of benzene rings is 2. The number of carbonyl (C=O) groups is 1. The van der Waals surface area contributed by atoms with Gasteiger partial charge in [-0.2, -0.15) is 0 Å². The second-order valence-corrected chi connectivity index (χ2v) is 9.11. The van der Waals surface area contributed by atoms with Gasteiger partial charge in [0.1, 0.15) is 5.58 Å². The summed E-state index contributed by atoms with van der Waals surface area (Å²) in [7, 11) is 0. The van der Waals surface area contributed by atoms with Gasteiger partial charge in [0.25, 0.3) is 5.91 Å². The summed E-state index contributed by atoms with van der Waals surface area (Å²) in [5.41, 5.74) is 2.65. The molecule has 1 fully saturated rings. The van der Waals surface area contributed by atoms with Crippen molar-refractivity contribution in [2.75, 3.05) is 19.8 Å². The van der Waals surface area contributed by atoms with Gasteiger partial charge in [0.2, 0.25) is 0 Å². The zero-order valence-electron chi connectivity index (χ0n) is 18.2. The fraction of sp³-hybridized carbons (Fsp3) is 0.269. The molecule has 6 nitrogen and oxygen atoms in total. The molecule has 0 radical (unpaired) electrons. The molecule has 0 atom stereocenters. The van der Waals surface area contributed by atoms with Gasteiger partial charge in [0.15, 0.2) is 10.9 Å². The number of hydrogen-bond donors (Lipinski definition) is 1. The SMILES string of the molecule is O=C(NCC1(c2ccccc2)CCOCC1)c1oc2ccccc2c1CSc1ncccn1. The van der Waals surface area contributed by atoms with Crippen LogP contribution in [0.2, 0.25) is 0 Å². The molecule has 1 aliphatic rings. The third kappa shape index (κ3) is 4.65. The Kier molecular flexibility index (Phi) is 6.41. The van der Waals surface area contributed by atoms with Crippen LogP contribution in [0.3, 0.4) is 0 Å². The molecule has 1 amide bonds. The van der Waals surface area contributed by atoms with E-state index in [4.69, 9.17) is 9.15 Å². The first-order valence-electron chi connectivity index (χ1n) is 11.1. The summed E-state index contributed by atoms with van der Waals surface area (Å²) in [4.78, 5) is 21.9. The van der Waals surface area contributed by atoms with Crippen LogP contribution in [0, 0.1) is 0 Å². The number of rotatable bonds is 7. The predicted molar refractivity (Wildman–Crippen MR) is 128 cm³/mol. The molecule has 2 aromatic carbocycles. The lowest BCUT2D eigenvalue weighted by Crippen LogP contribution is -2.44. The van der Waals surface area contributed by atoms with E-state index in [2.05, 4.69) is 39.6 Å². The summed E-state index contributed by atoms with van der Waals surface area (Å²) in [5, 5.41) is 4.78. The minimum atomic E-state index is -0.197. The van der Waals surface area contributed by atoms with Crippen LogP contribution in [0.1, 0.15) is 34.5 Å². The Balaban J connectivity index is 1.39. The van der Waals surface area contributed by atoms with E-state index in [-0.39, 0.29) is 11.3 Å². The monoisotopic (exact) mass is 459 g/mol. The molecule has 1 saturated heterocycles. The molecule has 1 N–H and O–H groups in total. The highest BCUT2D eigenvalue weighted by atomic mass is 32.2. The number of fused-ring (bicyclic) bond motifs is 1. The molecular formula is C26H25N3O3S. The Morgan fingerprint density at radius 2 is 1.70 bits per heavy atom. The Hall–Kier alpha value is -3.16. The van der Waals surface area contributed by atoms with Gasteiger partial charge in [-0.1, -0.05) is 60.3 Å². The summed E-state index contributed by atoms with van der Waals surface area (Å²) in [6, 6.07) is 19.9. The van der Waals surface area contributed by atoms with Crippen molar-refractivity contribution in [3.05, 3.63) is 89.9 Å². The van der Waals surface area contributed by atoms with E-state index in [9.17, 15) is 4.79 Å². The summed E-state index contributed by atoms with van der Waals surface area (Å²) in [6.07, 6.45) is 5.16. The van der Waals surface area contributed by atoms with Gasteiger partial charge in [-0.3, -0.25) is 4.79 Å². The van der Waals surface area contributed by atoms with E-state index in [1.807, 2.05) is 30.3 Å². The molecule has 5 rings (SSSR count). The van der Waals surface area contributed by atoms with Crippen LogP contribution in [0.4, 0.5) is 0 Å². The van der Waals surface area contributed by atoms with Crippen molar-refractivity contribution in [3.8, 4) is 0 Å². The van der Waals surface area contributed by atoms with Crippen LogP contribution < -0.4 is 5.32 Å². The molecule has 4 aromatic rings. The van der Waals surface area contributed by atoms with Crippen molar-refractivity contribution in [1.29, 1.82) is 0 Å². The number of nitrogens with one attached hydrogen (secondary N) is 1. The average Bonchev–Trinajstić information content (AvgIpc) is 3.26. The van der Waals surface area contributed by atoms with Crippen LogP contribution in [0.25, 0.3) is 11.0 Å². The number of nitrogens with zero attached hydrogens (tertiary/aromatic N) is 2. The fourth-order valence-corrected chi connectivity index (χ4v) is 5.20. The van der Waals surface area contributed by atoms with Crippen molar-refractivity contribution in [2.24, 2.45) is 0 Å². The highest BCUT2D eigenvalue weighted by Crippen LogP contribution is 2.35. The highest BCUT2D eigenvalue weighted by Gasteiger charge is 2.35. The zero-order valence-corrected chi connectivity index (χ0v) is 19.0. The molecule has 7 heteroatoms. The number of furan rings is 1. The van der Waals surface area contributed by atoms with Crippen molar-refractivity contribution in [2.45, 2.75) is 29.2 Å². The smallest absolute Gasteiger partial charge is 0.287 e. The standard InChI is InChI=1S/C26H25N3O3S/c30-24(29-18-26(11-15-31-16-12-26)19-7-2-1-3-8-19)23-21(17-33-25-27-13-6-14-28-25)20-9-4-5-10-22(20)32-23/h1-10,13-14H,11-12,15-18H2,(H,29,30). The van der Waals surface area contributed by atoms with E-state index in [0.29, 0.717) is 42.0 Å². The Morgan fingerprint density at radius 1 is 0.970 bits per heavy atom. The van der Waals surface area contributed by atoms with Crippen molar-refractivity contribution >= 4 is 28.6 Å². The minimum Gasteiger partial charge on any atom is -0.451 e. The van der Waals surface area contributed by atoms with E-state index < -0.39 is 0 Å². The first-order chi connectivity index (χ1) is 16.3. The van der Waals surface area contributed by atoms with Crippen molar-refractivity contribution < 1.29 is 13.9 Å². The van der Waals surface area contributed by atoms with E-state index in [1.165, 1.54) is 17.3 Å². The maximum absolute atomic E-state index is 13.4. The van der Waals surface area contributed by atoms with Gasteiger partial charge in [0, 0.05) is 54.3 Å². The Bertz CT molecular complexity index is 1220. The number of carbonyl (C=O) groups excluding carboxylic acids is 1. The van der Waals surface area contributed by atoms with Crippen LogP contribution in [0.15, 0.2) is 82.6 Å². The molecule has 168 valence electrons. The Labute approximate surface area is 196 Å². The van der Waals surface area contributed by atoms with Gasteiger partial charge in [0.05, 0.1) is 0 Å². The molecule has 0 unspecified atom stereocenters. The number of hydrogen-bond acceptors (Lipinski definition) is 6. The number of para-hydroxylation sites is 1. The van der Waals surface area contributed by atoms with Gasteiger partial charge in [-0.25, -0.2) is 9.97 Å². The van der Waals surface area contributed by atoms with Gasteiger partial charge < -0.3 is 14.5 Å². The van der Waals surface area contributed by atoms with Gasteiger partial charge >= 0.3 is 0 Å². The largest absolute Gasteiger partial charge is 0.451 e. The van der Waals surface area contributed by atoms with Crippen LogP contribution in [0.5, 0.6) is 0 Å². The molecule has 0 saturated carbocycles. The lowest BCUT2D eigenvalue weighted by atomic mass is 9.74. The maximum Gasteiger partial charge on any atom is 0.287 e. The predicted octanol–water partition coefficient (Wildman–Crippen LogP) is 4.99. The third-order valence-electron chi connectivity index (χ3n) is 6.22. The number of ether oxygens (including phenoxy) is 1. The number of thioether (sulfide) groups is 1. The maximum atomic E-state index is 13.4. The zero-order chi connectivity index (χ0) is 22.5. The first-order valence-corrected chi connectivity index (χ1v) is 12.1. The molecule has 1 aliphatic heterocycles. The first kappa shape index (κ1) is 21.7. The fourth-order valence-electron chi connectivity index (χ4n) is 4.37. The topological polar surface area (TPSA) is 77.2 Å². The lowest BCUT2D eigenvalue weighted by molar-refractivity contribution is 0.0484. The molecule has 0 bridgehead atoms. The number of aromatic nitrogens is 2. The summed E-state index contributed by atoms with van der Waals surface area (Å²) >= 11 is 1.49. The third-order valence-corrected chi connectivity index (χ3v) is 7.12. The number of amides is 1. The second kappa shape index (κ2) is 9.77. The van der Waals surface area contributed by atoms with Crippen molar-refractivity contribution in [1.82, 2.24) is 15.3 Å². The normalized spacial score (nSPS) is 15.4.